The number of hydrogen-bond acceptors (Lipinski definition) is 4. The minimum Gasteiger partial charge on any atom is -0.409 e. The Morgan fingerprint density at radius 3 is 2.83 bits per heavy atom. The van der Waals surface area contributed by atoms with Gasteiger partial charge in [-0.3, -0.25) is 4.79 Å². The van der Waals surface area contributed by atoms with Crippen molar-refractivity contribution in [1.29, 1.82) is 0 Å². The van der Waals surface area contributed by atoms with Crippen molar-refractivity contribution in [2.45, 2.75) is 6.54 Å². The summed E-state index contributed by atoms with van der Waals surface area (Å²) in [5, 5.41) is 16.5. The first-order valence-corrected chi connectivity index (χ1v) is 5.26. The van der Waals surface area contributed by atoms with E-state index < -0.39 is 5.82 Å². The van der Waals surface area contributed by atoms with E-state index in [0.717, 1.165) is 0 Å². The fourth-order valence-electron chi connectivity index (χ4n) is 1.31. The van der Waals surface area contributed by atoms with Crippen molar-refractivity contribution in [1.82, 2.24) is 10.6 Å². The topological polar surface area (TPSA) is 99.7 Å². The first-order chi connectivity index (χ1) is 8.58. The molecule has 18 heavy (non-hydrogen) atoms. The second kappa shape index (κ2) is 6.55. The van der Waals surface area contributed by atoms with Crippen LogP contribution in [-0.2, 0) is 11.3 Å². The third-order valence-corrected chi connectivity index (χ3v) is 2.34. The number of benzene rings is 1. The summed E-state index contributed by atoms with van der Waals surface area (Å²) >= 11 is 0. The maximum atomic E-state index is 13.6. The molecular formula is C11H15FN4O2. The van der Waals surface area contributed by atoms with Crippen LogP contribution >= 0.6 is 0 Å². The lowest BCUT2D eigenvalue weighted by atomic mass is 10.1. The highest BCUT2D eigenvalue weighted by atomic mass is 19.1. The van der Waals surface area contributed by atoms with Gasteiger partial charge in [0, 0.05) is 24.7 Å². The van der Waals surface area contributed by atoms with Gasteiger partial charge in [0.15, 0.2) is 5.84 Å². The van der Waals surface area contributed by atoms with Gasteiger partial charge in [0.2, 0.25) is 5.91 Å². The number of nitrogens with two attached hydrogens (primary N) is 1. The molecule has 0 aliphatic rings. The number of oxime groups is 1. The van der Waals surface area contributed by atoms with Crippen LogP contribution in [0.5, 0.6) is 0 Å². The number of nitrogens with zero attached hydrogens (tertiary/aromatic N) is 1. The van der Waals surface area contributed by atoms with E-state index in [1.165, 1.54) is 25.2 Å². The Hall–Kier alpha value is -2.15. The maximum Gasteiger partial charge on any atom is 0.233 e. The lowest BCUT2D eigenvalue weighted by molar-refractivity contribution is -0.119. The van der Waals surface area contributed by atoms with Crippen molar-refractivity contribution in [3.8, 4) is 0 Å². The largest absolute Gasteiger partial charge is 0.409 e. The minimum absolute atomic E-state index is 0.109. The molecule has 1 amide bonds. The molecule has 0 bridgehead atoms. The van der Waals surface area contributed by atoms with Crippen molar-refractivity contribution in [2.75, 3.05) is 13.6 Å². The number of nitrogens with one attached hydrogen (secondary N) is 2. The zero-order valence-corrected chi connectivity index (χ0v) is 9.90. The Balaban J connectivity index is 2.66. The molecule has 0 heterocycles. The molecule has 0 aromatic heterocycles. The lowest BCUT2D eigenvalue weighted by Gasteiger charge is -2.07. The smallest absolute Gasteiger partial charge is 0.233 e. The van der Waals surface area contributed by atoms with Crippen LogP contribution in [0.3, 0.4) is 0 Å². The SMILES string of the molecule is CNC(=O)CNCc1ccc(/C(N)=N/O)cc1F. The van der Waals surface area contributed by atoms with Crippen LogP contribution in [0.15, 0.2) is 23.4 Å². The molecule has 5 N–H and O–H groups in total. The Labute approximate surface area is 104 Å². The average molecular weight is 254 g/mol. The summed E-state index contributed by atoms with van der Waals surface area (Å²) in [4.78, 5) is 10.9. The zero-order chi connectivity index (χ0) is 13.5. The second-order valence-corrected chi connectivity index (χ2v) is 3.57. The van der Waals surface area contributed by atoms with E-state index in [1.807, 2.05) is 0 Å². The van der Waals surface area contributed by atoms with Crippen molar-refractivity contribution < 1.29 is 14.4 Å². The van der Waals surface area contributed by atoms with Gasteiger partial charge in [-0.1, -0.05) is 17.3 Å². The van der Waals surface area contributed by atoms with Gasteiger partial charge in [0.1, 0.15) is 5.82 Å². The summed E-state index contributed by atoms with van der Waals surface area (Å²) in [5.41, 5.74) is 6.03. The number of halogens is 1. The highest BCUT2D eigenvalue weighted by molar-refractivity contribution is 5.97. The maximum absolute atomic E-state index is 13.6. The lowest BCUT2D eigenvalue weighted by Crippen LogP contribution is -2.31. The highest BCUT2D eigenvalue weighted by Crippen LogP contribution is 2.10. The summed E-state index contributed by atoms with van der Waals surface area (Å²) in [6.07, 6.45) is 0. The predicted molar refractivity (Wildman–Crippen MR) is 64.7 cm³/mol. The molecule has 0 radical (unpaired) electrons. The van der Waals surface area contributed by atoms with Gasteiger partial charge in [-0.25, -0.2) is 4.39 Å². The fraction of sp³-hybridized carbons (Fsp3) is 0.273. The molecule has 98 valence electrons. The normalized spacial score (nSPS) is 11.3. The molecule has 0 saturated heterocycles. The van der Waals surface area contributed by atoms with E-state index in [9.17, 15) is 9.18 Å². The van der Waals surface area contributed by atoms with Crippen molar-refractivity contribution >= 4 is 11.7 Å². The Kier molecular flexibility index (Phi) is 5.06. The van der Waals surface area contributed by atoms with Gasteiger partial charge in [0.25, 0.3) is 0 Å². The molecule has 0 atom stereocenters. The molecular weight excluding hydrogens is 239 g/mol. The van der Waals surface area contributed by atoms with Gasteiger partial charge < -0.3 is 21.6 Å². The van der Waals surface area contributed by atoms with E-state index in [1.54, 1.807) is 0 Å². The number of likely N-dealkylation sites (N-methyl/N-ethyl adjacent to an activating group) is 1. The molecule has 1 aromatic carbocycles. The molecule has 1 aromatic rings. The Morgan fingerprint density at radius 2 is 2.28 bits per heavy atom. The molecule has 1 rings (SSSR count). The van der Waals surface area contributed by atoms with Gasteiger partial charge in [0.05, 0.1) is 6.54 Å². The van der Waals surface area contributed by atoms with Crippen LogP contribution < -0.4 is 16.4 Å². The number of hydrogen-bond donors (Lipinski definition) is 4. The number of carbonyl (C=O) groups excluding carboxylic acids is 1. The third kappa shape index (κ3) is 3.70. The minimum atomic E-state index is -0.483. The van der Waals surface area contributed by atoms with Crippen LogP contribution in [0.2, 0.25) is 0 Å². The molecule has 0 saturated carbocycles. The summed E-state index contributed by atoms with van der Waals surface area (Å²) in [6.45, 7) is 0.327. The first-order valence-electron chi connectivity index (χ1n) is 5.26. The van der Waals surface area contributed by atoms with E-state index in [4.69, 9.17) is 10.9 Å². The molecule has 6 nitrogen and oxygen atoms in total. The van der Waals surface area contributed by atoms with E-state index >= 15 is 0 Å². The Morgan fingerprint density at radius 1 is 1.56 bits per heavy atom. The third-order valence-electron chi connectivity index (χ3n) is 2.34. The van der Waals surface area contributed by atoms with E-state index in [2.05, 4.69) is 15.8 Å². The number of amides is 1. The van der Waals surface area contributed by atoms with E-state index in [0.29, 0.717) is 11.1 Å². The number of carbonyl (C=O) groups is 1. The molecule has 0 aliphatic carbocycles. The summed E-state index contributed by atoms with van der Waals surface area (Å²) in [7, 11) is 1.52. The fourth-order valence-corrected chi connectivity index (χ4v) is 1.31. The molecule has 0 aliphatic heterocycles. The average Bonchev–Trinajstić information content (AvgIpc) is 2.39. The van der Waals surface area contributed by atoms with Crippen LogP contribution in [0.4, 0.5) is 4.39 Å². The molecule has 0 fully saturated rings. The molecule has 0 unspecified atom stereocenters. The highest BCUT2D eigenvalue weighted by Gasteiger charge is 2.06. The van der Waals surface area contributed by atoms with Crippen LogP contribution in [0.25, 0.3) is 0 Å². The van der Waals surface area contributed by atoms with Gasteiger partial charge in [-0.05, 0) is 6.07 Å². The van der Waals surface area contributed by atoms with Crippen LogP contribution in [0, 0.1) is 5.82 Å². The zero-order valence-electron chi connectivity index (χ0n) is 9.90. The van der Waals surface area contributed by atoms with Gasteiger partial charge in [-0.15, -0.1) is 0 Å². The standard InChI is InChI=1S/C11H15FN4O2/c1-14-10(17)6-15-5-8-3-2-7(4-9(8)12)11(13)16-18/h2-4,15,18H,5-6H2,1H3,(H2,13,16)(H,14,17). The number of amidine groups is 1. The van der Waals surface area contributed by atoms with Crippen LogP contribution in [-0.4, -0.2) is 30.5 Å². The van der Waals surface area contributed by atoms with Crippen molar-refractivity contribution in [2.24, 2.45) is 10.9 Å². The summed E-state index contributed by atoms with van der Waals surface area (Å²) < 4.78 is 13.6. The predicted octanol–water partition coefficient (Wildman–Crippen LogP) is -0.244. The van der Waals surface area contributed by atoms with Gasteiger partial charge in [-0.2, -0.15) is 0 Å². The number of rotatable bonds is 5. The quantitative estimate of drug-likeness (QED) is 0.252. The summed E-state index contributed by atoms with van der Waals surface area (Å²) in [5.74, 6) is -0.814. The molecule has 0 spiro atoms. The molecule has 7 heteroatoms. The Bertz CT molecular complexity index is 462. The second-order valence-electron chi connectivity index (χ2n) is 3.57. The van der Waals surface area contributed by atoms with Crippen molar-refractivity contribution in [3.63, 3.8) is 0 Å². The van der Waals surface area contributed by atoms with Gasteiger partial charge >= 0.3 is 0 Å². The van der Waals surface area contributed by atoms with Crippen LogP contribution in [0.1, 0.15) is 11.1 Å². The first kappa shape index (κ1) is 13.9. The van der Waals surface area contributed by atoms with E-state index in [-0.39, 0.29) is 24.8 Å². The van der Waals surface area contributed by atoms with Crippen molar-refractivity contribution in [3.05, 3.63) is 35.1 Å². The summed E-state index contributed by atoms with van der Waals surface area (Å²) in [6, 6.07) is 4.22. The monoisotopic (exact) mass is 254 g/mol.